The molecule has 0 aliphatic rings. The average Bonchev–Trinajstić information content (AvgIpc) is 2.43. The summed E-state index contributed by atoms with van der Waals surface area (Å²) in [4.78, 5) is 0. The predicted octanol–water partition coefficient (Wildman–Crippen LogP) is 3.84. The van der Waals surface area contributed by atoms with Crippen LogP contribution < -0.4 is 15.4 Å². The van der Waals surface area contributed by atoms with E-state index in [1.165, 1.54) is 16.8 Å². The number of hydrogen-bond donors (Lipinski definition) is 2. The molecule has 0 aromatic heterocycles. The van der Waals surface area contributed by atoms with Gasteiger partial charge in [0.05, 0.1) is 7.11 Å². The standard InChI is InChI=1S/C17H22N2O/c1-13-9-14(2)11-16(10-13)19-8-7-18-15-5-4-6-17(12-15)20-3/h4-6,9-12,18-19H,7-8H2,1-3H3. The number of hydrogen-bond acceptors (Lipinski definition) is 3. The van der Waals surface area contributed by atoms with Crippen molar-refractivity contribution in [3.8, 4) is 5.75 Å². The van der Waals surface area contributed by atoms with Crippen LogP contribution in [0.15, 0.2) is 42.5 Å². The zero-order chi connectivity index (χ0) is 14.4. The fourth-order valence-corrected chi connectivity index (χ4v) is 2.22. The molecule has 0 unspecified atom stereocenters. The van der Waals surface area contributed by atoms with Crippen molar-refractivity contribution in [3.63, 3.8) is 0 Å². The Labute approximate surface area is 121 Å². The summed E-state index contributed by atoms with van der Waals surface area (Å²) in [6.07, 6.45) is 0. The van der Waals surface area contributed by atoms with Crippen molar-refractivity contribution >= 4 is 11.4 Å². The van der Waals surface area contributed by atoms with Gasteiger partial charge >= 0.3 is 0 Å². The Balaban J connectivity index is 1.81. The first kappa shape index (κ1) is 14.3. The Morgan fingerprint density at radius 3 is 2.15 bits per heavy atom. The third kappa shape index (κ3) is 4.19. The van der Waals surface area contributed by atoms with Crippen molar-refractivity contribution in [1.82, 2.24) is 0 Å². The van der Waals surface area contributed by atoms with Crippen LogP contribution in [0.4, 0.5) is 11.4 Å². The molecule has 2 aromatic rings. The van der Waals surface area contributed by atoms with Gasteiger partial charge in [0.1, 0.15) is 5.75 Å². The summed E-state index contributed by atoms with van der Waals surface area (Å²) in [6.45, 7) is 5.97. The van der Waals surface area contributed by atoms with Crippen molar-refractivity contribution in [3.05, 3.63) is 53.6 Å². The number of aryl methyl sites for hydroxylation is 2. The van der Waals surface area contributed by atoms with Gasteiger partial charge in [0.15, 0.2) is 0 Å². The number of anilines is 2. The van der Waals surface area contributed by atoms with Crippen molar-refractivity contribution in [1.29, 1.82) is 0 Å². The molecule has 0 aliphatic heterocycles. The zero-order valence-corrected chi connectivity index (χ0v) is 12.4. The fraction of sp³-hybridized carbons (Fsp3) is 0.294. The van der Waals surface area contributed by atoms with Crippen LogP contribution in [-0.4, -0.2) is 20.2 Å². The van der Waals surface area contributed by atoms with Crippen LogP contribution in [0.1, 0.15) is 11.1 Å². The van der Waals surface area contributed by atoms with Crippen LogP contribution in [0, 0.1) is 13.8 Å². The van der Waals surface area contributed by atoms with Gasteiger partial charge in [0.25, 0.3) is 0 Å². The Morgan fingerprint density at radius 2 is 1.50 bits per heavy atom. The van der Waals surface area contributed by atoms with Gasteiger partial charge < -0.3 is 15.4 Å². The summed E-state index contributed by atoms with van der Waals surface area (Å²) in [6, 6.07) is 14.5. The monoisotopic (exact) mass is 270 g/mol. The minimum atomic E-state index is 0.861. The number of benzene rings is 2. The second-order valence-corrected chi connectivity index (χ2v) is 4.96. The number of ether oxygens (including phenoxy) is 1. The maximum atomic E-state index is 5.20. The third-order valence-corrected chi connectivity index (χ3v) is 3.07. The van der Waals surface area contributed by atoms with E-state index in [1.54, 1.807) is 7.11 Å². The maximum absolute atomic E-state index is 5.20. The van der Waals surface area contributed by atoms with Crippen LogP contribution in [0.2, 0.25) is 0 Å². The first-order valence-corrected chi connectivity index (χ1v) is 6.87. The lowest BCUT2D eigenvalue weighted by molar-refractivity contribution is 0.415. The topological polar surface area (TPSA) is 33.3 Å². The van der Waals surface area contributed by atoms with Crippen molar-refractivity contribution < 1.29 is 4.74 Å². The molecular formula is C17H22N2O. The molecule has 2 N–H and O–H groups in total. The fourth-order valence-electron chi connectivity index (χ4n) is 2.22. The van der Waals surface area contributed by atoms with Crippen molar-refractivity contribution in [2.24, 2.45) is 0 Å². The molecular weight excluding hydrogens is 248 g/mol. The molecule has 0 aliphatic carbocycles. The molecule has 3 nitrogen and oxygen atoms in total. The highest BCUT2D eigenvalue weighted by molar-refractivity contribution is 5.50. The Bertz CT molecular complexity index is 546. The molecule has 106 valence electrons. The average molecular weight is 270 g/mol. The summed E-state index contributed by atoms with van der Waals surface area (Å²) in [7, 11) is 1.68. The molecule has 20 heavy (non-hydrogen) atoms. The molecule has 3 heteroatoms. The van der Waals surface area contributed by atoms with Gasteiger partial charge in [-0.2, -0.15) is 0 Å². The molecule has 0 saturated heterocycles. The van der Waals surface area contributed by atoms with E-state index >= 15 is 0 Å². The van der Waals surface area contributed by atoms with E-state index < -0.39 is 0 Å². The molecule has 0 spiro atoms. The highest BCUT2D eigenvalue weighted by atomic mass is 16.5. The third-order valence-electron chi connectivity index (χ3n) is 3.07. The highest BCUT2D eigenvalue weighted by Gasteiger charge is 1.97. The van der Waals surface area contributed by atoms with Gasteiger partial charge in [-0.05, 0) is 49.2 Å². The van der Waals surface area contributed by atoms with E-state index in [0.29, 0.717) is 0 Å². The normalized spacial score (nSPS) is 10.2. The van der Waals surface area contributed by atoms with Crippen LogP contribution in [-0.2, 0) is 0 Å². The van der Waals surface area contributed by atoms with Gasteiger partial charge in [-0.25, -0.2) is 0 Å². The second-order valence-electron chi connectivity index (χ2n) is 4.96. The lowest BCUT2D eigenvalue weighted by atomic mass is 10.1. The van der Waals surface area contributed by atoms with E-state index in [1.807, 2.05) is 24.3 Å². The largest absolute Gasteiger partial charge is 0.497 e. The molecule has 0 saturated carbocycles. The van der Waals surface area contributed by atoms with Crippen LogP contribution in [0.25, 0.3) is 0 Å². The lowest BCUT2D eigenvalue weighted by Gasteiger charge is -2.11. The van der Waals surface area contributed by atoms with E-state index in [2.05, 4.69) is 42.7 Å². The first-order chi connectivity index (χ1) is 9.67. The van der Waals surface area contributed by atoms with E-state index in [4.69, 9.17) is 4.74 Å². The summed E-state index contributed by atoms with van der Waals surface area (Å²) < 4.78 is 5.20. The zero-order valence-electron chi connectivity index (χ0n) is 12.4. The van der Waals surface area contributed by atoms with Gasteiger partial charge in [-0.1, -0.05) is 12.1 Å². The molecule has 0 fully saturated rings. The number of methoxy groups -OCH3 is 1. The minimum Gasteiger partial charge on any atom is -0.497 e. The van der Waals surface area contributed by atoms with Gasteiger partial charge in [0, 0.05) is 30.5 Å². The summed E-state index contributed by atoms with van der Waals surface area (Å²) in [5.74, 6) is 0.872. The molecule has 0 amide bonds. The quantitative estimate of drug-likeness (QED) is 0.783. The number of rotatable bonds is 6. The van der Waals surface area contributed by atoms with Gasteiger partial charge in [-0.3, -0.25) is 0 Å². The maximum Gasteiger partial charge on any atom is 0.120 e. The van der Waals surface area contributed by atoms with Crippen molar-refractivity contribution in [2.45, 2.75) is 13.8 Å². The van der Waals surface area contributed by atoms with E-state index in [-0.39, 0.29) is 0 Å². The predicted molar refractivity (Wildman–Crippen MR) is 85.9 cm³/mol. The van der Waals surface area contributed by atoms with Crippen LogP contribution in [0.5, 0.6) is 5.75 Å². The smallest absolute Gasteiger partial charge is 0.120 e. The SMILES string of the molecule is COc1cccc(NCCNc2cc(C)cc(C)c2)c1. The summed E-state index contributed by atoms with van der Waals surface area (Å²) in [5, 5.41) is 6.81. The first-order valence-electron chi connectivity index (χ1n) is 6.87. The van der Waals surface area contributed by atoms with E-state index in [9.17, 15) is 0 Å². The highest BCUT2D eigenvalue weighted by Crippen LogP contribution is 2.16. The summed E-state index contributed by atoms with van der Waals surface area (Å²) >= 11 is 0. The van der Waals surface area contributed by atoms with Crippen LogP contribution in [0.3, 0.4) is 0 Å². The number of nitrogens with one attached hydrogen (secondary N) is 2. The molecule has 2 rings (SSSR count). The Hall–Kier alpha value is -2.16. The second kappa shape index (κ2) is 6.85. The molecule has 0 heterocycles. The lowest BCUT2D eigenvalue weighted by Crippen LogP contribution is -2.13. The minimum absolute atomic E-state index is 0.861. The van der Waals surface area contributed by atoms with Gasteiger partial charge in [0.2, 0.25) is 0 Å². The molecule has 0 atom stereocenters. The molecule has 0 bridgehead atoms. The van der Waals surface area contributed by atoms with Crippen LogP contribution >= 0.6 is 0 Å². The van der Waals surface area contributed by atoms with Crippen molar-refractivity contribution in [2.75, 3.05) is 30.8 Å². The summed E-state index contributed by atoms with van der Waals surface area (Å²) in [5.41, 5.74) is 4.82. The molecule has 0 radical (unpaired) electrons. The Kier molecular flexibility index (Phi) is 4.88. The molecule has 2 aromatic carbocycles. The van der Waals surface area contributed by atoms with E-state index in [0.717, 1.165) is 24.5 Å². The van der Waals surface area contributed by atoms with Gasteiger partial charge in [-0.15, -0.1) is 0 Å². The Morgan fingerprint density at radius 1 is 0.850 bits per heavy atom.